The van der Waals surface area contributed by atoms with Crippen LogP contribution < -0.4 is 5.32 Å². The molecule has 0 spiro atoms. The van der Waals surface area contributed by atoms with Crippen LogP contribution in [-0.4, -0.2) is 15.9 Å². The second kappa shape index (κ2) is 8.93. The number of rotatable bonds is 6. The zero-order chi connectivity index (χ0) is 18.4. The molecular weight excluding hydrogens is 322 g/mol. The molecule has 1 N–H and O–H groups in total. The maximum atomic E-state index is 12.4. The van der Waals surface area contributed by atoms with Crippen LogP contribution in [0.2, 0.25) is 0 Å². The number of benzene rings is 1. The van der Waals surface area contributed by atoms with Crippen LogP contribution >= 0.6 is 0 Å². The van der Waals surface area contributed by atoms with Gasteiger partial charge in [0.1, 0.15) is 0 Å². The molecule has 1 amide bonds. The van der Waals surface area contributed by atoms with Crippen LogP contribution in [-0.2, 0) is 11.2 Å². The average Bonchev–Trinajstić information content (AvgIpc) is 2.70. The number of nitrogens with one attached hydrogen (secondary N) is 1. The van der Waals surface area contributed by atoms with Crippen LogP contribution in [0.25, 0.3) is 11.3 Å². The molecule has 1 fully saturated rings. The molecule has 0 saturated heterocycles. The normalized spacial score (nSPS) is 16.2. The van der Waals surface area contributed by atoms with Crippen molar-refractivity contribution in [3.05, 3.63) is 42.2 Å². The molecule has 1 heterocycles. The molecule has 0 aliphatic heterocycles. The van der Waals surface area contributed by atoms with Crippen LogP contribution in [0.3, 0.4) is 0 Å². The monoisotopic (exact) mass is 351 g/mol. The summed E-state index contributed by atoms with van der Waals surface area (Å²) in [7, 11) is 0. The van der Waals surface area contributed by atoms with Gasteiger partial charge in [0.15, 0.2) is 5.82 Å². The fraction of sp³-hybridized carbons (Fsp3) is 0.500. The average molecular weight is 351 g/mol. The minimum Gasteiger partial charge on any atom is -0.309 e. The Balaban J connectivity index is 1.87. The van der Waals surface area contributed by atoms with E-state index in [1.807, 2.05) is 44.2 Å². The van der Waals surface area contributed by atoms with E-state index in [1.54, 1.807) is 6.20 Å². The summed E-state index contributed by atoms with van der Waals surface area (Å²) >= 11 is 0. The molecule has 4 nitrogen and oxygen atoms in total. The van der Waals surface area contributed by atoms with E-state index in [0.717, 1.165) is 29.8 Å². The molecular formula is C22H29N3O. The standard InChI is InChI=1S/C22H29N3O/c1-3-16(2)22(26)25-21-19(14-17-10-6-4-7-11-17)24-20(15-23-21)18-12-8-5-9-13-18/h5,8-9,12-13,15-17H,3-4,6-7,10-11,14H2,1-2H3,(H,23,25,26). The van der Waals surface area contributed by atoms with E-state index < -0.39 is 0 Å². The summed E-state index contributed by atoms with van der Waals surface area (Å²) in [5.41, 5.74) is 2.86. The van der Waals surface area contributed by atoms with Gasteiger partial charge in [-0.3, -0.25) is 4.79 Å². The molecule has 1 unspecified atom stereocenters. The topological polar surface area (TPSA) is 54.9 Å². The van der Waals surface area contributed by atoms with Gasteiger partial charge in [-0.25, -0.2) is 9.97 Å². The zero-order valence-corrected chi connectivity index (χ0v) is 15.9. The number of amides is 1. The number of hydrogen-bond donors (Lipinski definition) is 1. The molecule has 1 aromatic heterocycles. The molecule has 1 atom stereocenters. The van der Waals surface area contributed by atoms with Gasteiger partial charge in [-0.15, -0.1) is 0 Å². The second-order valence-corrected chi connectivity index (χ2v) is 7.42. The van der Waals surface area contributed by atoms with E-state index in [0.29, 0.717) is 11.7 Å². The van der Waals surface area contributed by atoms with Crippen LogP contribution in [0.1, 0.15) is 58.1 Å². The number of hydrogen-bond acceptors (Lipinski definition) is 3. The van der Waals surface area contributed by atoms with E-state index in [9.17, 15) is 4.79 Å². The predicted octanol–water partition coefficient (Wildman–Crippen LogP) is 5.25. The van der Waals surface area contributed by atoms with Gasteiger partial charge in [0, 0.05) is 11.5 Å². The van der Waals surface area contributed by atoms with Crippen molar-refractivity contribution in [2.45, 2.75) is 58.8 Å². The quantitative estimate of drug-likeness (QED) is 0.773. The molecule has 1 saturated carbocycles. The molecule has 138 valence electrons. The van der Waals surface area contributed by atoms with Crippen molar-refractivity contribution >= 4 is 11.7 Å². The summed E-state index contributed by atoms with van der Waals surface area (Å²) < 4.78 is 0. The maximum Gasteiger partial charge on any atom is 0.228 e. The third-order valence-corrected chi connectivity index (χ3v) is 5.42. The van der Waals surface area contributed by atoms with Crippen molar-refractivity contribution in [3.8, 4) is 11.3 Å². The van der Waals surface area contributed by atoms with E-state index in [4.69, 9.17) is 4.98 Å². The summed E-state index contributed by atoms with van der Waals surface area (Å²) in [5.74, 6) is 1.29. The van der Waals surface area contributed by atoms with Crippen molar-refractivity contribution in [2.75, 3.05) is 5.32 Å². The maximum absolute atomic E-state index is 12.4. The van der Waals surface area contributed by atoms with Crippen molar-refractivity contribution in [1.82, 2.24) is 9.97 Å². The molecule has 26 heavy (non-hydrogen) atoms. The highest BCUT2D eigenvalue weighted by molar-refractivity contribution is 5.91. The second-order valence-electron chi connectivity index (χ2n) is 7.42. The number of carbonyl (C=O) groups excluding carboxylic acids is 1. The van der Waals surface area contributed by atoms with Gasteiger partial charge in [-0.05, 0) is 18.8 Å². The Morgan fingerprint density at radius 1 is 1.19 bits per heavy atom. The fourth-order valence-electron chi connectivity index (χ4n) is 3.51. The zero-order valence-electron chi connectivity index (χ0n) is 15.9. The van der Waals surface area contributed by atoms with Gasteiger partial charge in [-0.1, -0.05) is 76.3 Å². The highest BCUT2D eigenvalue weighted by Crippen LogP contribution is 2.29. The first-order chi connectivity index (χ1) is 12.7. The molecule has 4 heteroatoms. The summed E-state index contributed by atoms with van der Waals surface area (Å²) in [5, 5.41) is 3.02. The minimum atomic E-state index is -0.0202. The Hall–Kier alpha value is -2.23. The van der Waals surface area contributed by atoms with Gasteiger partial charge in [-0.2, -0.15) is 0 Å². The number of anilines is 1. The number of carbonyl (C=O) groups is 1. The molecule has 2 aromatic rings. The number of nitrogens with zero attached hydrogens (tertiary/aromatic N) is 2. The Kier molecular flexibility index (Phi) is 6.37. The number of aromatic nitrogens is 2. The molecule has 0 radical (unpaired) electrons. The fourth-order valence-corrected chi connectivity index (χ4v) is 3.51. The molecule has 3 rings (SSSR count). The van der Waals surface area contributed by atoms with Gasteiger partial charge < -0.3 is 5.32 Å². The molecule has 0 bridgehead atoms. The molecule has 1 aliphatic rings. The van der Waals surface area contributed by atoms with Gasteiger partial charge >= 0.3 is 0 Å². The van der Waals surface area contributed by atoms with Crippen molar-refractivity contribution in [3.63, 3.8) is 0 Å². The third kappa shape index (κ3) is 4.69. The minimum absolute atomic E-state index is 0.0202. The van der Waals surface area contributed by atoms with Gasteiger partial charge in [0.25, 0.3) is 0 Å². The van der Waals surface area contributed by atoms with Gasteiger partial charge in [0.2, 0.25) is 5.91 Å². The van der Waals surface area contributed by atoms with E-state index in [2.05, 4.69) is 10.3 Å². The Morgan fingerprint density at radius 2 is 1.92 bits per heavy atom. The summed E-state index contributed by atoms with van der Waals surface area (Å²) in [4.78, 5) is 21.8. The van der Waals surface area contributed by atoms with Crippen LogP contribution in [0.15, 0.2) is 36.5 Å². The largest absolute Gasteiger partial charge is 0.309 e. The lowest BCUT2D eigenvalue weighted by atomic mass is 9.86. The lowest BCUT2D eigenvalue weighted by Crippen LogP contribution is -2.22. The first kappa shape index (κ1) is 18.6. The Labute approximate surface area is 156 Å². The highest BCUT2D eigenvalue weighted by Gasteiger charge is 2.20. The first-order valence-corrected chi connectivity index (χ1v) is 9.89. The van der Waals surface area contributed by atoms with Crippen LogP contribution in [0.4, 0.5) is 5.82 Å². The summed E-state index contributed by atoms with van der Waals surface area (Å²) in [6.07, 6.45) is 9.90. The lowest BCUT2D eigenvalue weighted by Gasteiger charge is -2.22. The Bertz CT molecular complexity index is 723. The predicted molar refractivity (Wildman–Crippen MR) is 106 cm³/mol. The summed E-state index contributed by atoms with van der Waals surface area (Å²) in [6.45, 7) is 3.97. The van der Waals surface area contributed by atoms with Crippen molar-refractivity contribution in [2.24, 2.45) is 11.8 Å². The van der Waals surface area contributed by atoms with E-state index >= 15 is 0 Å². The van der Waals surface area contributed by atoms with E-state index in [1.165, 1.54) is 32.1 Å². The van der Waals surface area contributed by atoms with Crippen molar-refractivity contribution < 1.29 is 4.79 Å². The highest BCUT2D eigenvalue weighted by atomic mass is 16.1. The van der Waals surface area contributed by atoms with E-state index in [-0.39, 0.29) is 11.8 Å². The third-order valence-electron chi connectivity index (χ3n) is 5.42. The van der Waals surface area contributed by atoms with Crippen molar-refractivity contribution in [1.29, 1.82) is 0 Å². The molecule has 1 aromatic carbocycles. The Morgan fingerprint density at radius 3 is 2.62 bits per heavy atom. The van der Waals surface area contributed by atoms with Crippen LogP contribution in [0, 0.1) is 11.8 Å². The van der Waals surface area contributed by atoms with Gasteiger partial charge in [0.05, 0.1) is 17.6 Å². The smallest absolute Gasteiger partial charge is 0.228 e. The van der Waals surface area contributed by atoms with Crippen LogP contribution in [0.5, 0.6) is 0 Å². The summed E-state index contributed by atoms with van der Waals surface area (Å²) in [6, 6.07) is 10.1. The lowest BCUT2D eigenvalue weighted by molar-refractivity contribution is -0.119. The molecule has 1 aliphatic carbocycles. The first-order valence-electron chi connectivity index (χ1n) is 9.89. The SMILES string of the molecule is CCC(C)C(=O)Nc1ncc(-c2ccccc2)nc1CC1CCCCC1.